The third-order valence-electron chi connectivity index (χ3n) is 7.56. The Labute approximate surface area is 251 Å². The number of hydrogen-bond donors (Lipinski definition) is 0. The second kappa shape index (κ2) is 13.2. The summed E-state index contributed by atoms with van der Waals surface area (Å²) in [5.74, 6) is 2.38. The van der Waals surface area contributed by atoms with Gasteiger partial charge in [0.1, 0.15) is 5.75 Å². The molecule has 42 heavy (non-hydrogen) atoms. The molecule has 2 heterocycles. The molecule has 1 atom stereocenters. The van der Waals surface area contributed by atoms with Crippen LogP contribution in [0.15, 0.2) is 78.0 Å². The molecular formula is C33H37N5O3S. The minimum absolute atomic E-state index is 0.0250. The Hall–Kier alpha value is -4.11. The Morgan fingerprint density at radius 1 is 0.952 bits per heavy atom. The topological polar surface area (TPSA) is 80.6 Å². The Morgan fingerprint density at radius 3 is 2.36 bits per heavy atom. The number of piperazine rings is 1. The molecule has 0 radical (unpaired) electrons. The first kappa shape index (κ1) is 29.4. The molecule has 0 aliphatic carbocycles. The summed E-state index contributed by atoms with van der Waals surface area (Å²) in [6, 6.07) is 23.7. The highest BCUT2D eigenvalue weighted by Gasteiger charge is 2.30. The minimum Gasteiger partial charge on any atom is -0.497 e. The second-order valence-electron chi connectivity index (χ2n) is 10.7. The highest BCUT2D eigenvalue weighted by atomic mass is 32.2. The summed E-state index contributed by atoms with van der Waals surface area (Å²) < 4.78 is 7.49. The van der Waals surface area contributed by atoms with Crippen molar-refractivity contribution in [1.29, 1.82) is 0 Å². The number of benzene rings is 3. The lowest BCUT2D eigenvalue weighted by Gasteiger charge is -2.40. The van der Waals surface area contributed by atoms with Gasteiger partial charge in [-0.2, -0.15) is 0 Å². The Bertz CT molecular complexity index is 1530. The molecule has 0 bridgehead atoms. The number of methoxy groups -OCH3 is 1. The number of ether oxygens (including phenoxy) is 1. The van der Waals surface area contributed by atoms with Crippen LogP contribution in [0.2, 0.25) is 0 Å². The fourth-order valence-electron chi connectivity index (χ4n) is 5.13. The first-order valence-electron chi connectivity index (χ1n) is 14.3. The SMILES string of the molecule is COc1cccc(-c2nnc(SCCCC(=O)N3CCN(C(=O)c4ccc(C)cc4)C(C)C3)n2-c2ccc(C)cc2)c1. The lowest BCUT2D eigenvalue weighted by molar-refractivity contribution is -0.133. The average molecular weight is 584 g/mol. The molecule has 5 rings (SSSR count). The van der Waals surface area contributed by atoms with E-state index in [4.69, 9.17) is 4.74 Å². The summed E-state index contributed by atoms with van der Waals surface area (Å²) in [4.78, 5) is 29.9. The van der Waals surface area contributed by atoms with E-state index in [9.17, 15) is 9.59 Å². The summed E-state index contributed by atoms with van der Waals surface area (Å²) in [5, 5.41) is 9.83. The maximum atomic E-state index is 13.1. The van der Waals surface area contributed by atoms with Crippen molar-refractivity contribution < 1.29 is 14.3 Å². The molecule has 4 aromatic rings. The minimum atomic E-state index is -0.0334. The summed E-state index contributed by atoms with van der Waals surface area (Å²) >= 11 is 1.60. The number of carbonyl (C=O) groups excluding carboxylic acids is 2. The van der Waals surface area contributed by atoms with Gasteiger partial charge in [-0.25, -0.2) is 0 Å². The van der Waals surface area contributed by atoms with Gasteiger partial charge in [0.25, 0.3) is 5.91 Å². The number of nitrogens with zero attached hydrogens (tertiary/aromatic N) is 5. The van der Waals surface area contributed by atoms with E-state index in [1.54, 1.807) is 18.9 Å². The van der Waals surface area contributed by atoms with Crippen LogP contribution in [0.5, 0.6) is 5.75 Å². The van der Waals surface area contributed by atoms with E-state index in [2.05, 4.69) is 46.0 Å². The van der Waals surface area contributed by atoms with Gasteiger partial charge in [-0.3, -0.25) is 14.2 Å². The van der Waals surface area contributed by atoms with Crippen molar-refractivity contribution >= 4 is 23.6 Å². The Kier molecular flexibility index (Phi) is 9.27. The van der Waals surface area contributed by atoms with Crippen LogP contribution in [-0.4, -0.2) is 74.9 Å². The molecule has 3 aromatic carbocycles. The molecule has 2 amide bonds. The van der Waals surface area contributed by atoms with Crippen LogP contribution in [-0.2, 0) is 4.79 Å². The van der Waals surface area contributed by atoms with E-state index in [1.165, 1.54) is 5.56 Å². The Morgan fingerprint density at radius 2 is 1.67 bits per heavy atom. The van der Waals surface area contributed by atoms with E-state index in [1.807, 2.05) is 72.2 Å². The van der Waals surface area contributed by atoms with Crippen molar-refractivity contribution in [3.05, 3.63) is 89.5 Å². The molecule has 1 aliphatic rings. The van der Waals surface area contributed by atoms with Crippen LogP contribution in [0, 0.1) is 13.8 Å². The third kappa shape index (κ3) is 6.68. The Balaban J connectivity index is 1.19. The van der Waals surface area contributed by atoms with Crippen molar-refractivity contribution in [3.8, 4) is 22.8 Å². The smallest absolute Gasteiger partial charge is 0.254 e. The zero-order valence-electron chi connectivity index (χ0n) is 24.6. The number of aryl methyl sites for hydroxylation is 2. The van der Waals surface area contributed by atoms with E-state index >= 15 is 0 Å². The zero-order valence-corrected chi connectivity index (χ0v) is 25.4. The normalized spacial score (nSPS) is 15.1. The van der Waals surface area contributed by atoms with Crippen LogP contribution >= 0.6 is 11.8 Å². The fourth-order valence-corrected chi connectivity index (χ4v) is 6.02. The predicted octanol–water partition coefficient (Wildman–Crippen LogP) is 5.81. The molecule has 1 aromatic heterocycles. The number of hydrogen-bond acceptors (Lipinski definition) is 6. The lowest BCUT2D eigenvalue weighted by Crippen LogP contribution is -2.55. The van der Waals surface area contributed by atoms with Gasteiger partial charge in [0.2, 0.25) is 5.91 Å². The first-order valence-corrected chi connectivity index (χ1v) is 15.3. The number of amides is 2. The van der Waals surface area contributed by atoms with Gasteiger partial charge in [-0.05, 0) is 63.6 Å². The van der Waals surface area contributed by atoms with Crippen molar-refractivity contribution in [1.82, 2.24) is 24.6 Å². The molecule has 1 saturated heterocycles. The molecule has 0 saturated carbocycles. The maximum Gasteiger partial charge on any atom is 0.254 e. The summed E-state index contributed by atoms with van der Waals surface area (Å²) in [6.07, 6.45) is 1.17. The van der Waals surface area contributed by atoms with Crippen LogP contribution in [0.3, 0.4) is 0 Å². The van der Waals surface area contributed by atoms with Crippen molar-refractivity contribution in [2.24, 2.45) is 0 Å². The van der Waals surface area contributed by atoms with Crippen LogP contribution in [0.1, 0.15) is 41.3 Å². The monoisotopic (exact) mass is 583 g/mol. The van der Waals surface area contributed by atoms with Gasteiger partial charge >= 0.3 is 0 Å². The van der Waals surface area contributed by atoms with E-state index in [-0.39, 0.29) is 17.9 Å². The van der Waals surface area contributed by atoms with Gasteiger partial charge in [-0.15, -0.1) is 10.2 Å². The number of thioether (sulfide) groups is 1. The molecule has 0 N–H and O–H groups in total. The molecule has 1 unspecified atom stereocenters. The number of rotatable bonds is 9. The fraction of sp³-hybridized carbons (Fsp3) is 0.333. The quantitative estimate of drug-likeness (QED) is 0.183. The van der Waals surface area contributed by atoms with E-state index in [0.717, 1.165) is 45.7 Å². The maximum absolute atomic E-state index is 13.1. The molecule has 8 nitrogen and oxygen atoms in total. The van der Waals surface area contributed by atoms with Gasteiger partial charge < -0.3 is 14.5 Å². The standard InChI is InChI=1S/C33H37N5O3S/c1-23-10-14-26(15-11-23)32(40)37-19-18-36(22-25(37)3)30(39)9-6-20-42-33-35-34-31(27-7-5-8-29(21-27)41-4)38(33)28-16-12-24(2)13-17-28/h5,7-8,10-17,21,25H,6,9,18-20,22H2,1-4H3. The number of carbonyl (C=O) groups is 2. The summed E-state index contributed by atoms with van der Waals surface area (Å²) in [7, 11) is 1.65. The summed E-state index contributed by atoms with van der Waals surface area (Å²) in [6.45, 7) is 7.73. The highest BCUT2D eigenvalue weighted by Crippen LogP contribution is 2.30. The predicted molar refractivity (Wildman–Crippen MR) is 166 cm³/mol. The van der Waals surface area contributed by atoms with Gasteiger partial charge in [0, 0.05) is 54.7 Å². The molecule has 9 heteroatoms. The van der Waals surface area contributed by atoms with Gasteiger partial charge in [0.05, 0.1) is 7.11 Å². The van der Waals surface area contributed by atoms with Gasteiger partial charge in [0.15, 0.2) is 11.0 Å². The largest absolute Gasteiger partial charge is 0.497 e. The lowest BCUT2D eigenvalue weighted by atomic mass is 10.1. The molecule has 0 spiro atoms. The molecular weight excluding hydrogens is 546 g/mol. The number of aromatic nitrogens is 3. The molecule has 1 aliphatic heterocycles. The first-order chi connectivity index (χ1) is 20.3. The highest BCUT2D eigenvalue weighted by molar-refractivity contribution is 7.99. The van der Waals surface area contributed by atoms with Crippen molar-refractivity contribution in [3.63, 3.8) is 0 Å². The van der Waals surface area contributed by atoms with Crippen LogP contribution in [0.25, 0.3) is 17.1 Å². The van der Waals surface area contributed by atoms with E-state index in [0.29, 0.717) is 31.6 Å². The molecule has 1 fully saturated rings. The van der Waals surface area contributed by atoms with Crippen molar-refractivity contribution in [2.75, 3.05) is 32.5 Å². The second-order valence-corrected chi connectivity index (χ2v) is 11.8. The summed E-state index contributed by atoms with van der Waals surface area (Å²) in [5.41, 5.74) is 4.89. The molecule has 218 valence electrons. The van der Waals surface area contributed by atoms with Crippen LogP contribution < -0.4 is 4.74 Å². The third-order valence-corrected chi connectivity index (χ3v) is 8.57. The average Bonchev–Trinajstić information content (AvgIpc) is 3.43. The van der Waals surface area contributed by atoms with Crippen molar-refractivity contribution in [2.45, 2.75) is 44.8 Å². The van der Waals surface area contributed by atoms with Crippen LogP contribution in [0.4, 0.5) is 0 Å². The zero-order chi connectivity index (χ0) is 29.6. The van der Waals surface area contributed by atoms with E-state index < -0.39 is 0 Å². The van der Waals surface area contributed by atoms with Gasteiger partial charge in [-0.1, -0.05) is 59.3 Å².